The van der Waals surface area contributed by atoms with Gasteiger partial charge >= 0.3 is 0 Å². The van der Waals surface area contributed by atoms with Gasteiger partial charge in [0, 0.05) is 6.20 Å². The average molecular weight is 248 g/mol. The number of carbonyl (C=O) groups excluding carboxylic acids is 1. The van der Waals surface area contributed by atoms with Gasteiger partial charge in [0.25, 0.3) is 5.91 Å². The van der Waals surface area contributed by atoms with Gasteiger partial charge in [-0.1, -0.05) is 12.1 Å². The van der Waals surface area contributed by atoms with Crippen molar-refractivity contribution in [2.24, 2.45) is 0 Å². The van der Waals surface area contributed by atoms with Gasteiger partial charge in [0.2, 0.25) is 0 Å². The molecule has 0 aliphatic carbocycles. The van der Waals surface area contributed by atoms with Gasteiger partial charge in [0.15, 0.2) is 6.67 Å². The minimum atomic E-state index is -1.17. The van der Waals surface area contributed by atoms with Crippen molar-refractivity contribution < 1.29 is 13.6 Å². The van der Waals surface area contributed by atoms with E-state index in [2.05, 4.69) is 4.98 Å². The van der Waals surface area contributed by atoms with Crippen LogP contribution in [0.1, 0.15) is 0 Å². The van der Waals surface area contributed by atoms with E-state index in [1.807, 2.05) is 0 Å². The fraction of sp³-hybridized carbons (Fsp3) is 0.0769. The molecule has 0 saturated carbocycles. The number of rotatable bonds is 3. The monoisotopic (exact) mass is 248 g/mol. The van der Waals surface area contributed by atoms with Crippen LogP contribution in [0.3, 0.4) is 0 Å². The van der Waals surface area contributed by atoms with Crippen LogP contribution in [0, 0.1) is 5.82 Å². The van der Waals surface area contributed by atoms with E-state index in [0.717, 1.165) is 11.0 Å². The maximum absolute atomic E-state index is 13.2. The van der Waals surface area contributed by atoms with Gasteiger partial charge in [-0.15, -0.1) is 0 Å². The minimum absolute atomic E-state index is 0.247. The third-order valence-electron chi connectivity index (χ3n) is 2.31. The second kappa shape index (κ2) is 5.35. The summed E-state index contributed by atoms with van der Waals surface area (Å²) in [5.74, 6) is -1.04. The van der Waals surface area contributed by atoms with Gasteiger partial charge in [-0.2, -0.15) is 0 Å². The van der Waals surface area contributed by atoms with E-state index in [-0.39, 0.29) is 11.5 Å². The van der Waals surface area contributed by atoms with Crippen LogP contribution in [0.15, 0.2) is 48.7 Å². The minimum Gasteiger partial charge on any atom is -0.271 e. The Morgan fingerprint density at radius 3 is 2.67 bits per heavy atom. The molecule has 0 aliphatic rings. The summed E-state index contributed by atoms with van der Waals surface area (Å²) in [4.78, 5) is 16.6. The highest BCUT2D eigenvalue weighted by Crippen LogP contribution is 2.24. The van der Waals surface area contributed by atoms with E-state index in [1.54, 1.807) is 18.2 Å². The molecule has 0 unspecified atom stereocenters. The molecule has 5 heteroatoms. The van der Waals surface area contributed by atoms with Crippen molar-refractivity contribution in [1.82, 2.24) is 4.98 Å². The molecule has 1 heterocycles. The summed E-state index contributed by atoms with van der Waals surface area (Å²) in [6.45, 7) is -1.17. The Morgan fingerprint density at radius 2 is 2.06 bits per heavy atom. The van der Waals surface area contributed by atoms with Crippen LogP contribution in [0.4, 0.5) is 20.3 Å². The Kier molecular flexibility index (Phi) is 3.62. The maximum Gasteiger partial charge on any atom is 0.264 e. The van der Waals surface area contributed by atoms with Crippen molar-refractivity contribution in [3.63, 3.8) is 0 Å². The summed E-state index contributed by atoms with van der Waals surface area (Å²) in [6.07, 6.45) is 1.48. The number of aromatic nitrogens is 1. The van der Waals surface area contributed by atoms with Gasteiger partial charge in [-0.05, 0) is 30.3 Å². The molecule has 92 valence electrons. The van der Waals surface area contributed by atoms with Crippen molar-refractivity contribution in [3.8, 4) is 0 Å². The van der Waals surface area contributed by atoms with Crippen molar-refractivity contribution in [2.75, 3.05) is 11.6 Å². The zero-order valence-electron chi connectivity index (χ0n) is 9.38. The number of pyridine rings is 1. The summed E-state index contributed by atoms with van der Waals surface area (Å²) >= 11 is 0. The zero-order valence-corrected chi connectivity index (χ0v) is 9.38. The molecule has 1 aromatic heterocycles. The maximum atomic E-state index is 13.2. The molecule has 2 rings (SSSR count). The lowest BCUT2D eigenvalue weighted by molar-refractivity contribution is -0.118. The van der Waals surface area contributed by atoms with Crippen molar-refractivity contribution in [2.45, 2.75) is 0 Å². The number of amides is 1. The molecule has 0 radical (unpaired) electrons. The second-order valence-electron chi connectivity index (χ2n) is 3.53. The molecular weight excluding hydrogens is 238 g/mol. The van der Waals surface area contributed by atoms with E-state index in [1.165, 1.54) is 24.4 Å². The van der Waals surface area contributed by atoms with E-state index in [4.69, 9.17) is 0 Å². The molecule has 2 aromatic rings. The number of hydrogen-bond acceptors (Lipinski definition) is 2. The number of nitrogens with zero attached hydrogens (tertiary/aromatic N) is 2. The lowest BCUT2D eigenvalue weighted by atomic mass is 10.2. The first-order valence-corrected chi connectivity index (χ1v) is 5.28. The third kappa shape index (κ3) is 2.51. The Morgan fingerprint density at radius 1 is 1.22 bits per heavy atom. The Hall–Kier alpha value is -2.30. The summed E-state index contributed by atoms with van der Waals surface area (Å²) in [7, 11) is 0. The molecule has 0 N–H and O–H groups in total. The van der Waals surface area contributed by atoms with E-state index in [9.17, 15) is 13.6 Å². The third-order valence-corrected chi connectivity index (χ3v) is 2.31. The van der Waals surface area contributed by atoms with Gasteiger partial charge in [-0.25, -0.2) is 13.8 Å². The van der Waals surface area contributed by atoms with Crippen LogP contribution >= 0.6 is 0 Å². The van der Waals surface area contributed by atoms with Gasteiger partial charge < -0.3 is 0 Å². The first-order chi connectivity index (χ1) is 8.72. The topological polar surface area (TPSA) is 33.2 Å². The average Bonchev–Trinajstić information content (AvgIpc) is 2.40. The molecule has 1 aromatic carbocycles. The summed E-state index contributed by atoms with van der Waals surface area (Å²) in [6, 6.07) is 10.3. The van der Waals surface area contributed by atoms with E-state index in [0.29, 0.717) is 0 Å². The van der Waals surface area contributed by atoms with Crippen molar-refractivity contribution in [3.05, 3.63) is 54.5 Å². The molecule has 0 aliphatic heterocycles. The number of alkyl halides is 1. The molecular formula is C13H10F2N2O. The summed E-state index contributed by atoms with van der Waals surface area (Å²) in [5, 5.41) is 0. The second-order valence-corrected chi connectivity index (χ2v) is 3.53. The normalized spacial score (nSPS) is 10.1. The number of halogens is 2. The first kappa shape index (κ1) is 12.2. The standard InChI is InChI=1S/C13H10F2N2O/c14-9-13(18)17(12-6-1-2-7-16-12)11-5-3-4-10(15)8-11/h1-8H,9H2. The highest BCUT2D eigenvalue weighted by Gasteiger charge is 2.18. The predicted octanol–water partition coefficient (Wildman–Crippen LogP) is 2.85. The molecule has 0 bridgehead atoms. The van der Waals surface area contributed by atoms with Crippen LogP contribution in [0.2, 0.25) is 0 Å². The highest BCUT2D eigenvalue weighted by molar-refractivity contribution is 6.00. The van der Waals surface area contributed by atoms with E-state index >= 15 is 0 Å². The van der Waals surface area contributed by atoms with Crippen LogP contribution in [0.25, 0.3) is 0 Å². The van der Waals surface area contributed by atoms with Gasteiger partial charge in [-0.3, -0.25) is 9.69 Å². The quantitative estimate of drug-likeness (QED) is 0.836. The van der Waals surface area contributed by atoms with Gasteiger partial charge in [0.1, 0.15) is 11.6 Å². The van der Waals surface area contributed by atoms with Crippen LogP contribution in [-0.2, 0) is 4.79 Å². The number of anilines is 2. The van der Waals surface area contributed by atoms with Crippen LogP contribution < -0.4 is 4.90 Å². The fourth-order valence-corrected chi connectivity index (χ4v) is 1.57. The molecule has 0 atom stereocenters. The first-order valence-electron chi connectivity index (χ1n) is 5.28. The van der Waals surface area contributed by atoms with Crippen molar-refractivity contribution in [1.29, 1.82) is 0 Å². The number of hydrogen-bond donors (Lipinski definition) is 0. The van der Waals surface area contributed by atoms with Gasteiger partial charge in [0.05, 0.1) is 5.69 Å². The number of carbonyl (C=O) groups is 1. The smallest absolute Gasteiger partial charge is 0.264 e. The number of benzene rings is 1. The van der Waals surface area contributed by atoms with E-state index < -0.39 is 18.4 Å². The highest BCUT2D eigenvalue weighted by atomic mass is 19.1. The fourth-order valence-electron chi connectivity index (χ4n) is 1.57. The molecule has 18 heavy (non-hydrogen) atoms. The Bertz CT molecular complexity index is 546. The lowest BCUT2D eigenvalue weighted by Crippen LogP contribution is -2.28. The largest absolute Gasteiger partial charge is 0.271 e. The Balaban J connectivity index is 2.47. The summed E-state index contributed by atoms with van der Waals surface area (Å²) < 4.78 is 25.8. The zero-order chi connectivity index (χ0) is 13.0. The predicted molar refractivity (Wildman–Crippen MR) is 63.8 cm³/mol. The SMILES string of the molecule is O=C(CF)N(c1cccc(F)c1)c1ccccn1. The lowest BCUT2D eigenvalue weighted by Gasteiger charge is -2.20. The van der Waals surface area contributed by atoms with Crippen LogP contribution in [-0.4, -0.2) is 17.6 Å². The Labute approximate surface area is 103 Å². The molecule has 1 amide bonds. The summed E-state index contributed by atoms with van der Waals surface area (Å²) in [5.41, 5.74) is 0.247. The molecule has 3 nitrogen and oxygen atoms in total. The molecule has 0 saturated heterocycles. The van der Waals surface area contributed by atoms with Crippen molar-refractivity contribution >= 4 is 17.4 Å². The molecule has 0 fully saturated rings. The molecule has 0 spiro atoms. The van der Waals surface area contributed by atoms with Crippen LogP contribution in [0.5, 0.6) is 0 Å².